The zero-order valence-electron chi connectivity index (χ0n) is 15.3. The van der Waals surface area contributed by atoms with E-state index >= 15 is 0 Å². The van der Waals surface area contributed by atoms with Crippen LogP contribution in [0.5, 0.6) is 11.5 Å². The van der Waals surface area contributed by atoms with Gasteiger partial charge in [-0.05, 0) is 30.3 Å². The molecule has 29 heavy (non-hydrogen) atoms. The van der Waals surface area contributed by atoms with Crippen molar-refractivity contribution in [2.24, 2.45) is 0 Å². The summed E-state index contributed by atoms with van der Waals surface area (Å²) in [7, 11) is 0. The van der Waals surface area contributed by atoms with Crippen LogP contribution in [0.3, 0.4) is 0 Å². The average Bonchev–Trinajstić information content (AvgIpc) is 3.05. The lowest BCUT2D eigenvalue weighted by Gasteiger charge is -2.13. The number of ether oxygens (including phenoxy) is 2. The van der Waals surface area contributed by atoms with Gasteiger partial charge in [0.1, 0.15) is 11.5 Å². The van der Waals surface area contributed by atoms with Crippen LogP contribution < -0.4 is 10.1 Å². The molecule has 8 nitrogen and oxygen atoms in total. The number of carbonyl (C=O) groups excluding carboxylic acids is 4. The lowest BCUT2D eigenvalue weighted by Crippen LogP contribution is -2.38. The zero-order chi connectivity index (χ0) is 20.6. The molecule has 1 N–H and O–H groups in total. The van der Waals surface area contributed by atoms with Gasteiger partial charge < -0.3 is 14.8 Å². The van der Waals surface area contributed by atoms with Gasteiger partial charge in [0.2, 0.25) is 5.91 Å². The highest BCUT2D eigenvalue weighted by Gasteiger charge is 2.29. The summed E-state index contributed by atoms with van der Waals surface area (Å²) in [6.45, 7) is -0.294. The molecule has 2 aromatic rings. The molecule has 1 aliphatic heterocycles. The van der Waals surface area contributed by atoms with Crippen LogP contribution in [0, 0.1) is 0 Å². The quantitative estimate of drug-likeness (QED) is 0.662. The number of nitrogens with zero attached hydrogens (tertiary/aromatic N) is 1. The smallest absolute Gasteiger partial charge is 0.338 e. The van der Waals surface area contributed by atoms with Crippen molar-refractivity contribution >= 4 is 34.8 Å². The number of hydrogen-bond acceptors (Lipinski definition) is 7. The molecule has 1 aliphatic rings. The van der Waals surface area contributed by atoms with Crippen molar-refractivity contribution in [3.8, 4) is 11.5 Å². The maximum Gasteiger partial charge on any atom is 0.338 e. The highest BCUT2D eigenvalue weighted by molar-refractivity contribution is 8.14. The van der Waals surface area contributed by atoms with Gasteiger partial charge in [-0.1, -0.05) is 36.0 Å². The normalized spacial score (nSPS) is 13.3. The zero-order valence-corrected chi connectivity index (χ0v) is 16.1. The summed E-state index contributed by atoms with van der Waals surface area (Å²) in [5.41, 5.74) is 0.247. The fourth-order valence-corrected chi connectivity index (χ4v) is 3.23. The summed E-state index contributed by atoms with van der Waals surface area (Å²) >= 11 is 0.931. The monoisotopic (exact) mass is 414 g/mol. The number of para-hydroxylation sites is 1. The Morgan fingerprint density at radius 1 is 1.03 bits per heavy atom. The molecule has 1 saturated heterocycles. The number of carbonyl (C=O) groups is 4. The molecule has 0 aromatic heterocycles. The van der Waals surface area contributed by atoms with E-state index in [0.717, 1.165) is 16.7 Å². The Kier molecular flexibility index (Phi) is 6.85. The SMILES string of the molecule is O=C(COC(=O)c1cccc(Oc2ccccc2)c1)NCCN1C(=O)CSC1=O. The van der Waals surface area contributed by atoms with Crippen molar-refractivity contribution in [3.63, 3.8) is 0 Å². The standard InChI is InChI=1S/C20H18N2O6S/c23-17(21-9-10-22-18(24)13-29-20(22)26)12-27-19(25)14-5-4-8-16(11-14)28-15-6-2-1-3-7-15/h1-8,11H,9-10,12-13H2,(H,21,23). The maximum atomic E-state index is 12.2. The Morgan fingerprint density at radius 2 is 1.79 bits per heavy atom. The molecule has 0 aliphatic carbocycles. The van der Waals surface area contributed by atoms with Gasteiger partial charge in [-0.3, -0.25) is 19.3 Å². The number of amides is 3. The Hall–Kier alpha value is -3.33. The van der Waals surface area contributed by atoms with Crippen LogP contribution >= 0.6 is 11.8 Å². The van der Waals surface area contributed by atoms with E-state index in [1.807, 2.05) is 18.2 Å². The minimum absolute atomic E-state index is 0.0865. The number of thioether (sulfide) groups is 1. The molecule has 3 amide bonds. The molecule has 0 saturated carbocycles. The molecular formula is C20H18N2O6S. The first-order chi connectivity index (χ1) is 14.0. The topological polar surface area (TPSA) is 102 Å². The van der Waals surface area contributed by atoms with Gasteiger partial charge >= 0.3 is 5.97 Å². The van der Waals surface area contributed by atoms with Crippen molar-refractivity contribution in [2.75, 3.05) is 25.4 Å². The van der Waals surface area contributed by atoms with Gasteiger partial charge in [-0.2, -0.15) is 0 Å². The maximum absolute atomic E-state index is 12.2. The number of rotatable bonds is 8. The van der Waals surface area contributed by atoms with E-state index in [9.17, 15) is 19.2 Å². The molecule has 3 rings (SSSR count). The van der Waals surface area contributed by atoms with Crippen LogP contribution in [0.25, 0.3) is 0 Å². The molecule has 0 unspecified atom stereocenters. The molecule has 0 atom stereocenters. The molecule has 150 valence electrons. The van der Waals surface area contributed by atoms with Crippen LogP contribution in [0.2, 0.25) is 0 Å². The molecule has 1 fully saturated rings. The number of imide groups is 1. The van der Waals surface area contributed by atoms with Gasteiger partial charge in [0.05, 0.1) is 11.3 Å². The predicted molar refractivity (Wildman–Crippen MR) is 106 cm³/mol. The molecule has 9 heteroatoms. The van der Waals surface area contributed by atoms with E-state index < -0.39 is 18.5 Å². The minimum atomic E-state index is -0.667. The lowest BCUT2D eigenvalue weighted by atomic mass is 10.2. The Balaban J connectivity index is 1.44. The molecule has 0 bridgehead atoms. The minimum Gasteiger partial charge on any atom is -0.457 e. The second-order valence-corrected chi connectivity index (χ2v) is 6.90. The van der Waals surface area contributed by atoms with Crippen LogP contribution in [0.1, 0.15) is 10.4 Å². The van der Waals surface area contributed by atoms with E-state index in [1.165, 1.54) is 6.07 Å². The first-order valence-corrected chi connectivity index (χ1v) is 9.75. The third-order valence-electron chi connectivity index (χ3n) is 3.88. The molecule has 1 heterocycles. The van der Waals surface area contributed by atoms with Crippen molar-refractivity contribution in [3.05, 3.63) is 60.2 Å². The average molecular weight is 414 g/mol. The first kappa shape index (κ1) is 20.4. The van der Waals surface area contributed by atoms with Crippen LogP contribution in [0.4, 0.5) is 4.79 Å². The summed E-state index contributed by atoms with van der Waals surface area (Å²) in [4.78, 5) is 48.0. The molecular weight excluding hydrogens is 396 g/mol. The number of benzene rings is 2. The Bertz CT molecular complexity index is 902. The van der Waals surface area contributed by atoms with Gasteiger partial charge in [0.15, 0.2) is 6.61 Å². The molecule has 0 radical (unpaired) electrons. The second-order valence-electron chi connectivity index (χ2n) is 5.97. The summed E-state index contributed by atoms with van der Waals surface area (Å²) in [6.07, 6.45) is 0. The number of nitrogens with one attached hydrogen (secondary N) is 1. The van der Waals surface area contributed by atoms with E-state index in [2.05, 4.69) is 5.32 Å². The summed E-state index contributed by atoms with van der Waals surface area (Å²) in [5.74, 6) is -0.254. The third-order valence-corrected chi connectivity index (χ3v) is 4.74. The van der Waals surface area contributed by atoms with Crippen LogP contribution in [-0.4, -0.2) is 53.4 Å². The first-order valence-electron chi connectivity index (χ1n) is 8.77. The highest BCUT2D eigenvalue weighted by Crippen LogP contribution is 2.22. The Labute approximate surface area is 171 Å². The summed E-state index contributed by atoms with van der Waals surface area (Å²) < 4.78 is 10.7. The van der Waals surface area contributed by atoms with Gasteiger partial charge in [0, 0.05) is 13.1 Å². The molecule has 2 aromatic carbocycles. The van der Waals surface area contributed by atoms with E-state index in [0.29, 0.717) is 11.5 Å². The fourth-order valence-electron chi connectivity index (χ4n) is 2.48. The van der Waals surface area contributed by atoms with Gasteiger partial charge in [-0.25, -0.2) is 4.79 Å². The van der Waals surface area contributed by atoms with E-state index in [4.69, 9.17) is 9.47 Å². The Morgan fingerprint density at radius 3 is 2.52 bits per heavy atom. The predicted octanol–water partition coefficient (Wildman–Crippen LogP) is 2.45. The van der Waals surface area contributed by atoms with Gasteiger partial charge in [-0.15, -0.1) is 0 Å². The summed E-state index contributed by atoms with van der Waals surface area (Å²) in [5, 5.41) is 2.18. The lowest BCUT2D eigenvalue weighted by molar-refractivity contribution is -0.126. The van der Waals surface area contributed by atoms with Crippen molar-refractivity contribution in [2.45, 2.75) is 0 Å². The number of hydrogen-bond donors (Lipinski definition) is 1. The second kappa shape index (κ2) is 9.74. The largest absolute Gasteiger partial charge is 0.457 e. The van der Waals surface area contributed by atoms with Crippen molar-refractivity contribution in [1.29, 1.82) is 0 Å². The van der Waals surface area contributed by atoms with E-state index in [-0.39, 0.29) is 35.6 Å². The third kappa shape index (κ3) is 5.82. The van der Waals surface area contributed by atoms with Crippen LogP contribution in [0.15, 0.2) is 54.6 Å². The van der Waals surface area contributed by atoms with Crippen molar-refractivity contribution < 1.29 is 28.7 Å². The van der Waals surface area contributed by atoms with Crippen molar-refractivity contribution in [1.82, 2.24) is 10.2 Å². The number of esters is 1. The van der Waals surface area contributed by atoms with Crippen LogP contribution in [-0.2, 0) is 14.3 Å². The summed E-state index contributed by atoms with van der Waals surface area (Å²) in [6, 6.07) is 15.5. The fraction of sp³-hybridized carbons (Fsp3) is 0.200. The highest BCUT2D eigenvalue weighted by atomic mass is 32.2. The molecule has 0 spiro atoms. The van der Waals surface area contributed by atoms with E-state index in [1.54, 1.807) is 30.3 Å². The van der Waals surface area contributed by atoms with Gasteiger partial charge in [0.25, 0.3) is 11.1 Å².